The first-order chi connectivity index (χ1) is 30.2. The van der Waals surface area contributed by atoms with Gasteiger partial charge in [-0.25, -0.2) is 24.7 Å². The van der Waals surface area contributed by atoms with E-state index in [0.29, 0.717) is 70.6 Å². The van der Waals surface area contributed by atoms with Crippen molar-refractivity contribution in [3.05, 3.63) is 70.4 Å². The van der Waals surface area contributed by atoms with E-state index < -0.39 is 31.3 Å². The summed E-state index contributed by atoms with van der Waals surface area (Å²) >= 11 is 1.99. The molecule has 4 heterocycles. The average Bonchev–Trinajstić information content (AvgIpc) is 3.82. The Morgan fingerprint density at radius 3 is 1.64 bits per heavy atom. The van der Waals surface area contributed by atoms with Crippen LogP contribution in [0.1, 0.15) is 53.8 Å². The van der Waals surface area contributed by atoms with E-state index in [1.807, 2.05) is 30.3 Å². The van der Waals surface area contributed by atoms with Crippen LogP contribution < -0.4 is 21.7 Å². The number of anilines is 2. The van der Waals surface area contributed by atoms with Crippen molar-refractivity contribution in [2.24, 2.45) is 17.6 Å². The molecule has 0 unspecified atom stereocenters. The summed E-state index contributed by atoms with van der Waals surface area (Å²) in [5.41, 5.74) is 6.98. The van der Waals surface area contributed by atoms with E-state index in [9.17, 15) is 40.7 Å². The zero-order chi connectivity index (χ0) is 46.3. The maximum Gasteiger partial charge on any atom is 0.407 e. The number of alkyl carbamates (subject to hydrolysis) is 1. The second-order valence-corrected chi connectivity index (χ2v) is 18.7. The van der Waals surface area contributed by atoms with Crippen LogP contribution in [0, 0.1) is 11.8 Å². The molecule has 5 N–H and O–H groups in total. The molecule has 14 nitrogen and oxygen atoms in total. The van der Waals surface area contributed by atoms with Gasteiger partial charge in [-0.05, 0) is 56.2 Å². The molecule has 0 spiro atoms. The van der Waals surface area contributed by atoms with Crippen LogP contribution in [-0.4, -0.2) is 112 Å². The van der Waals surface area contributed by atoms with Gasteiger partial charge in [0.1, 0.15) is 40.6 Å². The lowest BCUT2D eigenvalue weighted by molar-refractivity contribution is -0.135. The highest BCUT2D eigenvalue weighted by Gasteiger charge is 2.36. The van der Waals surface area contributed by atoms with E-state index in [1.54, 1.807) is 33.1 Å². The number of hydrogen-bond donors (Lipinski definition) is 4. The number of benzene rings is 1. The summed E-state index contributed by atoms with van der Waals surface area (Å²) < 4.78 is 82.1. The first-order valence-corrected chi connectivity index (χ1v) is 22.1. The molecule has 2 fully saturated rings. The summed E-state index contributed by atoms with van der Waals surface area (Å²) in [6, 6.07) is 11.4. The lowest BCUT2D eigenvalue weighted by Gasteiger charge is -2.36. The van der Waals surface area contributed by atoms with Gasteiger partial charge in [0.25, 0.3) is 0 Å². The summed E-state index contributed by atoms with van der Waals surface area (Å²) in [5.74, 6) is 0.325. The first kappa shape index (κ1) is 48.1. The van der Waals surface area contributed by atoms with E-state index >= 15 is 0 Å². The molecule has 2 aliphatic rings. The summed E-state index contributed by atoms with van der Waals surface area (Å²) in [4.78, 5) is 58.7. The average molecular weight is 937 g/mol. The molecule has 4 aromatic heterocycles. The first-order valence-electron chi connectivity index (χ1n) is 20.5. The molecule has 0 bridgehead atoms. The third kappa shape index (κ3) is 13.6. The molecule has 22 heteroatoms. The Morgan fingerprint density at radius 2 is 1.16 bits per heavy atom. The Hall–Kier alpha value is -5.35. The maximum absolute atomic E-state index is 12.9. The molecule has 2 aliphatic carbocycles. The van der Waals surface area contributed by atoms with Crippen molar-refractivity contribution in [3.8, 4) is 0 Å². The van der Waals surface area contributed by atoms with Crippen LogP contribution in [0.4, 0.5) is 42.8 Å². The maximum atomic E-state index is 12.9. The number of rotatable bonds is 11. The third-order valence-corrected chi connectivity index (χ3v) is 12.8. The number of aromatic nitrogens is 4. The molecule has 0 radical (unpaired) electrons. The molecule has 346 valence electrons. The molecule has 6 atom stereocenters. The van der Waals surface area contributed by atoms with Crippen LogP contribution in [0.5, 0.6) is 0 Å². The van der Waals surface area contributed by atoms with Gasteiger partial charge in [0.05, 0.1) is 23.6 Å². The van der Waals surface area contributed by atoms with Crippen LogP contribution >= 0.6 is 22.7 Å². The Morgan fingerprint density at radius 1 is 0.688 bits per heavy atom. The number of carbonyl (C=O) groups excluding carboxylic acids is 3. The van der Waals surface area contributed by atoms with Crippen molar-refractivity contribution in [2.45, 2.75) is 94.5 Å². The number of nitrogens with zero attached hydrogens (tertiary/aromatic N) is 6. The second kappa shape index (κ2) is 20.7. The fourth-order valence-electron chi connectivity index (χ4n) is 8.10. The van der Waals surface area contributed by atoms with Crippen molar-refractivity contribution in [1.29, 1.82) is 0 Å². The van der Waals surface area contributed by atoms with Gasteiger partial charge in [-0.15, -0.1) is 22.7 Å². The van der Waals surface area contributed by atoms with Gasteiger partial charge in [-0.1, -0.05) is 30.3 Å². The highest BCUT2D eigenvalue weighted by Crippen LogP contribution is 2.36. The van der Waals surface area contributed by atoms with Crippen molar-refractivity contribution in [3.63, 3.8) is 0 Å². The zero-order valence-corrected chi connectivity index (χ0v) is 37.1. The van der Waals surface area contributed by atoms with Crippen molar-refractivity contribution < 1.29 is 45.5 Å². The Bertz CT molecular complexity index is 2380. The quantitative estimate of drug-likeness (QED) is 0.0961. The van der Waals surface area contributed by atoms with Gasteiger partial charge in [0, 0.05) is 73.9 Å². The van der Waals surface area contributed by atoms with E-state index in [1.165, 1.54) is 29.7 Å². The number of nitrogens with one attached hydrogen (secondary N) is 3. The van der Waals surface area contributed by atoms with Crippen molar-refractivity contribution >= 4 is 72.7 Å². The van der Waals surface area contributed by atoms with Crippen LogP contribution in [-0.2, 0) is 33.8 Å². The normalized spacial score (nSPS) is 21.4. The lowest BCUT2D eigenvalue weighted by Crippen LogP contribution is -2.48. The molecule has 3 amide bonds. The molecule has 1 aromatic carbocycles. The minimum absolute atomic E-state index is 0.0350. The zero-order valence-electron chi connectivity index (χ0n) is 35.5. The van der Waals surface area contributed by atoms with Crippen LogP contribution in [0.15, 0.2) is 55.1 Å². The Kier molecular flexibility index (Phi) is 15.5. The van der Waals surface area contributed by atoms with Crippen molar-refractivity contribution in [2.75, 3.05) is 38.8 Å². The highest BCUT2D eigenvalue weighted by atomic mass is 32.1. The van der Waals surface area contributed by atoms with Gasteiger partial charge in [-0.3, -0.25) is 9.59 Å². The second-order valence-electron chi connectivity index (χ2n) is 16.5. The van der Waals surface area contributed by atoms with Crippen LogP contribution in [0.2, 0.25) is 0 Å². The number of nitrogens with two attached hydrogens (primary N) is 1. The van der Waals surface area contributed by atoms with Crippen molar-refractivity contribution in [1.82, 2.24) is 35.1 Å². The minimum Gasteiger partial charge on any atom is -0.445 e. The number of hydrogen-bond acceptors (Lipinski definition) is 13. The molecule has 0 saturated heterocycles. The standard InChI is InChI=1S/C25H28F3N5O3S.C17H22F3N5OS/c1-33(2)23(34)16-8-17(10-18(9-16)32-24(35)36-13-15-6-4-3-5-7-15)31-21-20-11-19(12-25(26,27)28)37-22(20)30-14-29-21;1-25(2)16(26)9-3-10(21)5-11(4-9)24-14-13-6-12(7-17(18,19)20)27-15(13)23-8-22-14/h3-7,11,14,16-18H,8-10,12-13H2,1-2H3,(H,32,35)(H,29,30,31);6,8-11H,3-5,7,21H2,1-2H3,(H,22,23,24)/t16-,17+,18-;9-,10+,11-/m01/s1. The molecule has 64 heavy (non-hydrogen) atoms. The predicted octanol–water partition coefficient (Wildman–Crippen LogP) is 7.55. The number of amides is 3. The molecule has 5 aromatic rings. The van der Waals surface area contributed by atoms with Gasteiger partial charge in [-0.2, -0.15) is 26.3 Å². The highest BCUT2D eigenvalue weighted by molar-refractivity contribution is 7.19. The smallest absolute Gasteiger partial charge is 0.407 e. The molecule has 7 rings (SSSR count). The molecule has 0 aliphatic heterocycles. The van der Waals surface area contributed by atoms with E-state index in [0.717, 1.165) is 28.2 Å². The number of halogens is 6. The van der Waals surface area contributed by atoms with Gasteiger partial charge in [0.2, 0.25) is 11.8 Å². The molecular formula is C42H50F6N10O4S2. The van der Waals surface area contributed by atoms with E-state index in [2.05, 4.69) is 35.9 Å². The fraction of sp³-hybridized carbons (Fsp3) is 0.500. The summed E-state index contributed by atoms with van der Waals surface area (Å²) in [6.07, 6.45) is -5.22. The Labute approximate surface area is 373 Å². The van der Waals surface area contributed by atoms with Gasteiger partial charge >= 0.3 is 18.4 Å². The minimum atomic E-state index is -4.32. The number of fused-ring (bicyclic) bond motifs is 2. The SMILES string of the molecule is CN(C)C(=O)[C@@H]1C[C@H](N)C[C@H](Nc2ncnc3sc(CC(F)(F)F)cc23)C1.CN(C)C(=O)[C@@H]1C[C@H](NC(=O)OCc2ccccc2)C[C@H](Nc2ncnc3sc(CC(F)(F)F)cc23)C1. The lowest BCUT2D eigenvalue weighted by atomic mass is 9.81. The van der Waals surface area contributed by atoms with E-state index in [-0.39, 0.29) is 64.2 Å². The molecular weight excluding hydrogens is 887 g/mol. The fourth-order valence-corrected chi connectivity index (χ4v) is 10.2. The third-order valence-electron chi connectivity index (χ3n) is 10.8. The number of alkyl halides is 6. The summed E-state index contributed by atoms with van der Waals surface area (Å²) in [7, 11) is 6.79. The number of carbonyl (C=O) groups is 3. The van der Waals surface area contributed by atoms with Gasteiger partial charge < -0.3 is 36.2 Å². The topological polar surface area (TPSA) is 181 Å². The van der Waals surface area contributed by atoms with Gasteiger partial charge in [0.15, 0.2) is 0 Å². The van der Waals surface area contributed by atoms with Crippen LogP contribution in [0.3, 0.4) is 0 Å². The summed E-state index contributed by atoms with van der Waals surface area (Å²) in [5, 5.41) is 10.5. The molecule has 2 saturated carbocycles. The summed E-state index contributed by atoms with van der Waals surface area (Å²) in [6.45, 7) is 0.123. The number of thiophene rings is 2. The monoisotopic (exact) mass is 936 g/mol. The van der Waals surface area contributed by atoms with Crippen LogP contribution in [0.25, 0.3) is 20.4 Å². The predicted molar refractivity (Wildman–Crippen MR) is 233 cm³/mol. The number of ether oxygens (including phenoxy) is 1. The largest absolute Gasteiger partial charge is 0.445 e. The Balaban J connectivity index is 0.000000223. The van der Waals surface area contributed by atoms with E-state index in [4.69, 9.17) is 10.5 Å².